The quantitative estimate of drug-likeness (QED) is 0.695. The van der Waals surface area contributed by atoms with E-state index in [9.17, 15) is 0 Å². The van der Waals surface area contributed by atoms with Gasteiger partial charge in [0.1, 0.15) is 5.69 Å². The Morgan fingerprint density at radius 3 is 2.88 bits per heavy atom. The van der Waals surface area contributed by atoms with E-state index in [-0.39, 0.29) is 0 Å². The second-order valence-electron chi connectivity index (χ2n) is 3.67. The number of thiazole rings is 1. The number of fused-ring (bicyclic) bond motifs is 1. The van der Waals surface area contributed by atoms with Crippen LogP contribution in [0.15, 0.2) is 17.8 Å². The molecule has 16 heavy (non-hydrogen) atoms. The Kier molecular flexibility index (Phi) is 1.81. The summed E-state index contributed by atoms with van der Waals surface area (Å²) in [6.07, 6.45) is 3.67. The summed E-state index contributed by atoms with van der Waals surface area (Å²) < 4.78 is 3.83. The summed E-state index contributed by atoms with van der Waals surface area (Å²) in [5.74, 6) is 0. The van der Waals surface area contributed by atoms with Crippen molar-refractivity contribution in [3.05, 3.63) is 23.5 Å². The molecule has 0 aliphatic carbocycles. The lowest BCUT2D eigenvalue weighted by atomic mass is 10.2. The molecule has 3 aromatic rings. The molecular formula is C10H11N5S. The largest absolute Gasteiger partial charge is 0.396 e. The standard InChI is InChI=1S/C10H11N5S/c1-6-8(9-7(11)5-12-14(9)2)15-3-4-16-10(15)13-6/h3-5H,11H2,1-2H3. The molecule has 3 rings (SSSR count). The van der Waals surface area contributed by atoms with Crippen LogP contribution >= 0.6 is 11.3 Å². The van der Waals surface area contributed by atoms with Gasteiger partial charge in [0.2, 0.25) is 0 Å². The molecule has 0 spiro atoms. The van der Waals surface area contributed by atoms with Gasteiger partial charge < -0.3 is 5.73 Å². The van der Waals surface area contributed by atoms with E-state index in [1.165, 1.54) is 0 Å². The van der Waals surface area contributed by atoms with E-state index in [4.69, 9.17) is 5.73 Å². The van der Waals surface area contributed by atoms with Crippen molar-refractivity contribution >= 4 is 22.0 Å². The van der Waals surface area contributed by atoms with Crippen molar-refractivity contribution in [2.45, 2.75) is 6.92 Å². The number of hydrogen-bond donors (Lipinski definition) is 1. The van der Waals surface area contributed by atoms with Gasteiger partial charge in [0.05, 0.1) is 23.3 Å². The molecule has 6 heteroatoms. The zero-order chi connectivity index (χ0) is 11.3. The van der Waals surface area contributed by atoms with Crippen LogP contribution in [0.2, 0.25) is 0 Å². The molecule has 0 aliphatic heterocycles. The SMILES string of the molecule is Cc1nc2sccn2c1-c1c(N)cnn1C. The summed E-state index contributed by atoms with van der Waals surface area (Å²) in [5, 5.41) is 6.17. The van der Waals surface area contributed by atoms with Crippen molar-refractivity contribution in [2.24, 2.45) is 7.05 Å². The maximum Gasteiger partial charge on any atom is 0.194 e. The van der Waals surface area contributed by atoms with Crippen molar-refractivity contribution in [3.63, 3.8) is 0 Å². The number of hydrogen-bond acceptors (Lipinski definition) is 4. The number of nitrogens with two attached hydrogens (primary N) is 1. The zero-order valence-corrected chi connectivity index (χ0v) is 9.82. The highest BCUT2D eigenvalue weighted by Crippen LogP contribution is 2.30. The minimum Gasteiger partial charge on any atom is -0.396 e. The Labute approximate surface area is 96.1 Å². The number of aryl methyl sites for hydroxylation is 2. The van der Waals surface area contributed by atoms with Crippen LogP contribution in [0, 0.1) is 6.92 Å². The number of aromatic nitrogens is 4. The number of nitrogens with zero attached hydrogens (tertiary/aromatic N) is 4. The Balaban J connectivity index is 2.41. The van der Waals surface area contributed by atoms with E-state index in [0.29, 0.717) is 5.69 Å². The number of rotatable bonds is 1. The van der Waals surface area contributed by atoms with Gasteiger partial charge in [0, 0.05) is 18.6 Å². The summed E-state index contributed by atoms with van der Waals surface area (Å²) in [4.78, 5) is 5.48. The maximum atomic E-state index is 5.94. The minimum atomic E-state index is 0.679. The molecule has 0 radical (unpaired) electrons. The molecule has 0 aliphatic rings. The lowest BCUT2D eigenvalue weighted by Gasteiger charge is -2.03. The van der Waals surface area contributed by atoms with Gasteiger partial charge >= 0.3 is 0 Å². The van der Waals surface area contributed by atoms with Gasteiger partial charge in [-0.1, -0.05) is 0 Å². The average molecular weight is 233 g/mol. The monoisotopic (exact) mass is 233 g/mol. The Morgan fingerprint density at radius 2 is 2.19 bits per heavy atom. The molecule has 0 fully saturated rings. The third kappa shape index (κ3) is 1.10. The molecule has 0 aromatic carbocycles. The van der Waals surface area contributed by atoms with E-state index in [2.05, 4.69) is 10.1 Å². The van der Waals surface area contributed by atoms with E-state index in [1.54, 1.807) is 22.2 Å². The van der Waals surface area contributed by atoms with E-state index in [0.717, 1.165) is 22.0 Å². The first-order valence-electron chi connectivity index (χ1n) is 4.88. The summed E-state index contributed by atoms with van der Waals surface area (Å²) in [6.45, 7) is 1.99. The summed E-state index contributed by atoms with van der Waals surface area (Å²) in [5.41, 5.74) is 9.54. The van der Waals surface area contributed by atoms with Crippen LogP contribution in [0.5, 0.6) is 0 Å². The minimum absolute atomic E-state index is 0.679. The Bertz CT molecular complexity index is 640. The average Bonchev–Trinajstić information content (AvgIpc) is 2.86. The molecule has 0 amide bonds. The van der Waals surface area contributed by atoms with Crippen LogP contribution < -0.4 is 5.73 Å². The van der Waals surface area contributed by atoms with E-state index < -0.39 is 0 Å². The molecule has 3 aromatic heterocycles. The van der Waals surface area contributed by atoms with Gasteiger partial charge in [-0.2, -0.15) is 5.10 Å². The lowest BCUT2D eigenvalue weighted by molar-refractivity contribution is 0.772. The number of anilines is 1. The van der Waals surface area contributed by atoms with Crippen LogP contribution in [-0.4, -0.2) is 19.2 Å². The third-order valence-electron chi connectivity index (χ3n) is 2.63. The molecule has 82 valence electrons. The molecule has 2 N–H and O–H groups in total. The normalized spacial score (nSPS) is 11.4. The fraction of sp³-hybridized carbons (Fsp3) is 0.200. The zero-order valence-electron chi connectivity index (χ0n) is 9.01. The highest BCUT2D eigenvalue weighted by Gasteiger charge is 2.17. The van der Waals surface area contributed by atoms with Crippen molar-refractivity contribution in [3.8, 4) is 11.4 Å². The second kappa shape index (κ2) is 3.08. The molecule has 5 nitrogen and oxygen atoms in total. The first-order chi connectivity index (χ1) is 7.68. The molecule has 0 atom stereocenters. The first-order valence-corrected chi connectivity index (χ1v) is 5.76. The number of nitrogen functional groups attached to an aromatic ring is 1. The molecule has 0 saturated heterocycles. The van der Waals surface area contributed by atoms with Crippen LogP contribution in [0.3, 0.4) is 0 Å². The van der Waals surface area contributed by atoms with Gasteiger partial charge in [-0.25, -0.2) is 4.98 Å². The van der Waals surface area contributed by atoms with Crippen molar-refractivity contribution in [2.75, 3.05) is 5.73 Å². The van der Waals surface area contributed by atoms with Crippen LogP contribution in [0.1, 0.15) is 5.69 Å². The second-order valence-corrected chi connectivity index (χ2v) is 4.55. The number of imidazole rings is 1. The summed E-state index contributed by atoms with van der Waals surface area (Å²) in [7, 11) is 1.89. The van der Waals surface area contributed by atoms with Crippen molar-refractivity contribution in [1.82, 2.24) is 19.2 Å². The summed E-state index contributed by atoms with van der Waals surface area (Å²) >= 11 is 1.61. The van der Waals surface area contributed by atoms with Gasteiger partial charge in [0.15, 0.2) is 4.96 Å². The molecule has 3 heterocycles. The molecule has 0 unspecified atom stereocenters. The summed E-state index contributed by atoms with van der Waals surface area (Å²) in [6, 6.07) is 0. The van der Waals surface area contributed by atoms with Gasteiger partial charge in [-0.3, -0.25) is 9.08 Å². The molecule has 0 bridgehead atoms. The predicted octanol–water partition coefficient (Wildman–Crippen LogP) is 1.69. The Hall–Kier alpha value is -1.82. The Morgan fingerprint density at radius 1 is 1.38 bits per heavy atom. The first kappa shape index (κ1) is 9.41. The lowest BCUT2D eigenvalue weighted by Crippen LogP contribution is -1.99. The smallest absolute Gasteiger partial charge is 0.194 e. The molecule has 0 saturated carbocycles. The van der Waals surface area contributed by atoms with Crippen molar-refractivity contribution in [1.29, 1.82) is 0 Å². The topological polar surface area (TPSA) is 61.1 Å². The van der Waals surface area contributed by atoms with Crippen LogP contribution in [0.4, 0.5) is 5.69 Å². The fourth-order valence-electron chi connectivity index (χ4n) is 1.92. The highest BCUT2D eigenvalue weighted by atomic mass is 32.1. The predicted molar refractivity (Wildman–Crippen MR) is 64.4 cm³/mol. The van der Waals surface area contributed by atoms with E-state index in [1.807, 2.05) is 29.9 Å². The highest BCUT2D eigenvalue weighted by molar-refractivity contribution is 7.15. The maximum absolute atomic E-state index is 5.94. The van der Waals surface area contributed by atoms with E-state index >= 15 is 0 Å². The fourth-order valence-corrected chi connectivity index (χ4v) is 2.68. The van der Waals surface area contributed by atoms with Gasteiger partial charge in [-0.05, 0) is 6.92 Å². The van der Waals surface area contributed by atoms with Crippen LogP contribution in [0.25, 0.3) is 16.3 Å². The van der Waals surface area contributed by atoms with Crippen molar-refractivity contribution < 1.29 is 0 Å². The van der Waals surface area contributed by atoms with Gasteiger partial charge in [0.25, 0.3) is 0 Å². The van der Waals surface area contributed by atoms with Crippen LogP contribution in [-0.2, 0) is 7.05 Å². The third-order valence-corrected chi connectivity index (χ3v) is 3.38. The molecular weight excluding hydrogens is 222 g/mol. The van der Waals surface area contributed by atoms with Gasteiger partial charge in [-0.15, -0.1) is 11.3 Å².